The van der Waals surface area contributed by atoms with Crippen molar-refractivity contribution in [3.63, 3.8) is 0 Å². The Morgan fingerprint density at radius 1 is 1.23 bits per heavy atom. The van der Waals surface area contributed by atoms with E-state index in [-0.39, 0.29) is 6.04 Å². The Morgan fingerprint density at radius 3 is 2.38 bits per heavy atom. The minimum absolute atomic E-state index is 0.181. The van der Waals surface area contributed by atoms with Gasteiger partial charge < -0.3 is 9.59 Å². The summed E-state index contributed by atoms with van der Waals surface area (Å²) in [5.74, 6) is 0. The molecule has 0 saturated carbocycles. The lowest BCUT2D eigenvalue weighted by molar-refractivity contribution is 0.249. The number of hydrogen-bond acceptors (Lipinski definition) is 3. The summed E-state index contributed by atoms with van der Waals surface area (Å²) in [5.41, 5.74) is 1.04. The van der Waals surface area contributed by atoms with Crippen molar-refractivity contribution in [1.29, 1.82) is 0 Å². The van der Waals surface area contributed by atoms with Crippen LogP contribution in [0.3, 0.4) is 0 Å². The van der Waals surface area contributed by atoms with Crippen molar-refractivity contribution in [2.24, 2.45) is 0 Å². The third-order valence-corrected chi connectivity index (χ3v) is 3.60. The molecule has 0 amide bonds. The lowest BCUT2D eigenvalue weighted by Crippen LogP contribution is -2.36. The molecule has 0 saturated heterocycles. The van der Waals surface area contributed by atoms with Crippen LogP contribution in [-0.2, 0) is 10.4 Å². The van der Waals surface area contributed by atoms with Gasteiger partial charge in [-0.15, -0.1) is 0 Å². The summed E-state index contributed by atoms with van der Waals surface area (Å²) >= 11 is 4.92. The third kappa shape index (κ3) is 3.88. The van der Waals surface area contributed by atoms with Crippen LogP contribution >= 0.6 is 11.9 Å². The van der Waals surface area contributed by atoms with E-state index in [1.807, 2.05) is 30.3 Å². The molecule has 0 bridgehead atoms. The fourth-order valence-electron chi connectivity index (χ4n) is 0.990. The van der Waals surface area contributed by atoms with Crippen molar-refractivity contribution in [1.82, 2.24) is 0 Å². The Bertz CT molecular complexity index is 253. The summed E-state index contributed by atoms with van der Waals surface area (Å²) in [5, 5.41) is 0. The Morgan fingerprint density at radius 2 is 1.85 bits per heavy atom. The SMILES string of the molecule is O[Si](O)(CCc1ccccc1)OCl. The number of aryl methyl sites for hydroxylation is 1. The van der Waals surface area contributed by atoms with Gasteiger partial charge in [-0.3, -0.25) is 3.98 Å². The van der Waals surface area contributed by atoms with E-state index in [2.05, 4.69) is 3.98 Å². The second kappa shape index (κ2) is 4.73. The van der Waals surface area contributed by atoms with Crippen LogP contribution in [0.4, 0.5) is 0 Å². The molecule has 0 aliphatic rings. The maximum atomic E-state index is 9.12. The smallest absolute Gasteiger partial charge is 0.389 e. The van der Waals surface area contributed by atoms with Crippen molar-refractivity contribution in [3.05, 3.63) is 35.9 Å². The molecule has 0 heterocycles. The summed E-state index contributed by atoms with van der Waals surface area (Å²) in [6.45, 7) is 0. The van der Waals surface area contributed by atoms with Gasteiger partial charge in [0.15, 0.2) is 0 Å². The second-order valence-corrected chi connectivity index (χ2v) is 5.41. The van der Waals surface area contributed by atoms with Crippen molar-refractivity contribution in [2.75, 3.05) is 0 Å². The molecule has 0 aliphatic heterocycles. The lowest BCUT2D eigenvalue weighted by atomic mass is 10.2. The van der Waals surface area contributed by atoms with Crippen molar-refractivity contribution < 1.29 is 13.6 Å². The zero-order chi connectivity index (χ0) is 9.73. The van der Waals surface area contributed by atoms with Crippen LogP contribution in [-0.4, -0.2) is 18.4 Å². The van der Waals surface area contributed by atoms with Crippen LogP contribution < -0.4 is 0 Å². The Hall–Kier alpha value is -0.393. The van der Waals surface area contributed by atoms with Crippen molar-refractivity contribution >= 4 is 20.7 Å². The molecule has 0 unspecified atom stereocenters. The summed E-state index contributed by atoms with van der Waals surface area (Å²) in [7, 11) is -3.59. The van der Waals surface area contributed by atoms with Gasteiger partial charge in [0.2, 0.25) is 0 Å². The second-order valence-electron chi connectivity index (χ2n) is 2.81. The predicted octanol–water partition coefficient (Wildman–Crippen LogP) is 1.32. The quantitative estimate of drug-likeness (QED) is 0.750. The molecule has 0 fully saturated rings. The molecule has 2 N–H and O–H groups in total. The number of halogens is 1. The first-order valence-electron chi connectivity index (χ1n) is 3.92. The normalized spacial score (nSPS) is 11.6. The topological polar surface area (TPSA) is 49.7 Å². The number of benzene rings is 1. The Kier molecular flexibility index (Phi) is 3.89. The van der Waals surface area contributed by atoms with Crippen LogP contribution in [0, 0.1) is 0 Å². The van der Waals surface area contributed by atoms with Crippen LogP contribution in [0.2, 0.25) is 6.04 Å². The highest BCUT2D eigenvalue weighted by Crippen LogP contribution is 2.11. The molecule has 3 nitrogen and oxygen atoms in total. The van der Waals surface area contributed by atoms with E-state index in [4.69, 9.17) is 21.5 Å². The average Bonchev–Trinajstić information content (AvgIpc) is 2.17. The van der Waals surface area contributed by atoms with E-state index in [0.717, 1.165) is 5.56 Å². The van der Waals surface area contributed by atoms with Crippen LogP contribution in [0.5, 0.6) is 0 Å². The molecular formula is C8H11ClO3Si. The van der Waals surface area contributed by atoms with Crippen molar-refractivity contribution in [2.45, 2.75) is 12.5 Å². The maximum Gasteiger partial charge on any atom is 0.512 e. The summed E-state index contributed by atoms with van der Waals surface area (Å²) in [4.78, 5) is 18.2. The monoisotopic (exact) mass is 218 g/mol. The zero-order valence-electron chi connectivity index (χ0n) is 6.98. The number of hydrogen-bond donors (Lipinski definition) is 2. The average molecular weight is 219 g/mol. The minimum Gasteiger partial charge on any atom is -0.389 e. The molecule has 0 aliphatic carbocycles. The van der Waals surface area contributed by atoms with Gasteiger partial charge in [0, 0.05) is 6.04 Å². The largest absolute Gasteiger partial charge is 0.512 e. The molecule has 13 heavy (non-hydrogen) atoms. The van der Waals surface area contributed by atoms with Crippen LogP contribution in [0.25, 0.3) is 0 Å². The van der Waals surface area contributed by atoms with Crippen molar-refractivity contribution in [3.8, 4) is 0 Å². The first-order chi connectivity index (χ1) is 6.14. The van der Waals surface area contributed by atoms with Gasteiger partial charge in [0.1, 0.15) is 0 Å². The molecule has 0 radical (unpaired) electrons. The summed E-state index contributed by atoms with van der Waals surface area (Å²) in [6.07, 6.45) is 0.562. The Balaban J connectivity index is 2.44. The van der Waals surface area contributed by atoms with Gasteiger partial charge in [-0.25, -0.2) is 0 Å². The van der Waals surface area contributed by atoms with Crippen LogP contribution in [0.1, 0.15) is 5.56 Å². The van der Waals surface area contributed by atoms with Crippen LogP contribution in [0.15, 0.2) is 30.3 Å². The van der Waals surface area contributed by atoms with E-state index in [1.165, 1.54) is 0 Å². The molecule has 1 rings (SSSR count). The molecule has 0 aromatic heterocycles. The molecule has 1 aromatic rings. The highest BCUT2D eigenvalue weighted by molar-refractivity contribution is 6.61. The zero-order valence-corrected chi connectivity index (χ0v) is 8.74. The van der Waals surface area contributed by atoms with Gasteiger partial charge in [0.05, 0.1) is 11.9 Å². The molecule has 72 valence electrons. The molecule has 0 spiro atoms. The standard InChI is InChI=1S/C8H11ClO3Si/c9-12-13(10,11)7-6-8-4-2-1-3-5-8/h1-5,10-11H,6-7H2. The fourth-order valence-corrected chi connectivity index (χ4v) is 1.91. The first-order valence-corrected chi connectivity index (χ1v) is 6.24. The first kappa shape index (κ1) is 10.7. The van der Waals surface area contributed by atoms with Gasteiger partial charge in [0.25, 0.3) is 0 Å². The molecule has 0 atom stereocenters. The lowest BCUT2D eigenvalue weighted by Gasteiger charge is -2.11. The van der Waals surface area contributed by atoms with Gasteiger partial charge in [-0.05, 0) is 12.0 Å². The molecular weight excluding hydrogens is 208 g/mol. The number of rotatable bonds is 4. The van der Waals surface area contributed by atoms with E-state index in [9.17, 15) is 0 Å². The van der Waals surface area contributed by atoms with E-state index in [0.29, 0.717) is 6.42 Å². The highest BCUT2D eigenvalue weighted by Gasteiger charge is 2.31. The van der Waals surface area contributed by atoms with Gasteiger partial charge in [-0.1, -0.05) is 30.3 Å². The predicted molar refractivity (Wildman–Crippen MR) is 52.1 cm³/mol. The summed E-state index contributed by atoms with van der Waals surface area (Å²) < 4.78 is 4.08. The van der Waals surface area contributed by atoms with Gasteiger partial charge >= 0.3 is 8.80 Å². The fraction of sp³-hybridized carbons (Fsp3) is 0.250. The summed E-state index contributed by atoms with van der Waals surface area (Å²) in [6, 6.07) is 9.71. The Labute approximate surface area is 83.1 Å². The van der Waals surface area contributed by atoms with Gasteiger partial charge in [-0.2, -0.15) is 0 Å². The highest BCUT2D eigenvalue weighted by atomic mass is 35.5. The van der Waals surface area contributed by atoms with E-state index < -0.39 is 8.80 Å². The third-order valence-electron chi connectivity index (χ3n) is 1.71. The van der Waals surface area contributed by atoms with E-state index >= 15 is 0 Å². The molecule has 5 heteroatoms. The molecule has 1 aromatic carbocycles. The minimum atomic E-state index is -3.59. The van der Waals surface area contributed by atoms with E-state index in [1.54, 1.807) is 0 Å². The maximum absolute atomic E-state index is 9.12.